The van der Waals surface area contributed by atoms with Gasteiger partial charge in [-0.1, -0.05) is 30.3 Å². The Morgan fingerprint density at radius 3 is 3.00 bits per heavy atom. The average Bonchev–Trinajstić information content (AvgIpc) is 3.33. The third-order valence-corrected chi connectivity index (χ3v) is 5.16. The van der Waals surface area contributed by atoms with Crippen LogP contribution in [0.25, 0.3) is 11.0 Å². The van der Waals surface area contributed by atoms with Crippen molar-refractivity contribution in [2.24, 2.45) is 5.92 Å². The quantitative estimate of drug-likeness (QED) is 0.720. The second kappa shape index (κ2) is 7.70. The molecule has 26 heavy (non-hydrogen) atoms. The largest absolute Gasteiger partial charge is 0.352 e. The van der Waals surface area contributed by atoms with Crippen molar-refractivity contribution < 1.29 is 4.79 Å². The van der Waals surface area contributed by atoms with E-state index in [1.165, 1.54) is 5.56 Å². The van der Waals surface area contributed by atoms with Gasteiger partial charge in [-0.25, -0.2) is 4.98 Å². The second-order valence-electron chi connectivity index (χ2n) is 7.04. The Labute approximate surface area is 153 Å². The first-order chi connectivity index (χ1) is 12.8. The molecule has 1 fully saturated rings. The summed E-state index contributed by atoms with van der Waals surface area (Å²) < 4.78 is 0. The molecule has 1 aliphatic rings. The van der Waals surface area contributed by atoms with Crippen LogP contribution in [-0.2, 0) is 6.42 Å². The Morgan fingerprint density at radius 1 is 1.23 bits per heavy atom. The minimum Gasteiger partial charge on any atom is -0.352 e. The number of fused-ring (bicyclic) bond motifs is 1. The van der Waals surface area contributed by atoms with Gasteiger partial charge in [-0.15, -0.1) is 0 Å². The van der Waals surface area contributed by atoms with Crippen molar-refractivity contribution >= 4 is 16.9 Å². The molecule has 4 rings (SSSR count). The number of benzene rings is 2. The number of aromatic amines is 1. The van der Waals surface area contributed by atoms with Crippen molar-refractivity contribution in [1.29, 1.82) is 0 Å². The lowest BCUT2D eigenvalue weighted by Crippen LogP contribution is -2.31. The van der Waals surface area contributed by atoms with Gasteiger partial charge in [-0.2, -0.15) is 0 Å². The molecule has 0 radical (unpaired) electrons. The summed E-state index contributed by atoms with van der Waals surface area (Å²) >= 11 is 0. The third kappa shape index (κ3) is 3.94. The van der Waals surface area contributed by atoms with Crippen molar-refractivity contribution in [2.45, 2.75) is 12.8 Å². The van der Waals surface area contributed by atoms with Gasteiger partial charge < -0.3 is 15.2 Å². The summed E-state index contributed by atoms with van der Waals surface area (Å²) in [6, 6.07) is 16.2. The molecule has 1 saturated heterocycles. The van der Waals surface area contributed by atoms with Crippen LogP contribution in [0.5, 0.6) is 0 Å². The van der Waals surface area contributed by atoms with Crippen LogP contribution in [0.3, 0.4) is 0 Å². The number of imidazole rings is 1. The fourth-order valence-electron chi connectivity index (χ4n) is 3.63. The topological polar surface area (TPSA) is 61.0 Å². The molecule has 5 heteroatoms. The number of H-pyrrole nitrogens is 1. The molecular formula is C21H24N4O. The Morgan fingerprint density at radius 2 is 2.12 bits per heavy atom. The van der Waals surface area contributed by atoms with E-state index >= 15 is 0 Å². The fraction of sp³-hybridized carbons (Fsp3) is 0.333. The van der Waals surface area contributed by atoms with E-state index in [1.807, 2.05) is 18.2 Å². The van der Waals surface area contributed by atoms with Crippen molar-refractivity contribution in [3.63, 3.8) is 0 Å². The minimum absolute atomic E-state index is 0.00997. The molecule has 0 unspecified atom stereocenters. The van der Waals surface area contributed by atoms with Crippen molar-refractivity contribution in [3.8, 4) is 0 Å². The van der Waals surface area contributed by atoms with E-state index < -0.39 is 0 Å². The summed E-state index contributed by atoms with van der Waals surface area (Å²) in [5.74, 6) is 0.523. The molecule has 2 heterocycles. The van der Waals surface area contributed by atoms with Gasteiger partial charge in [0.15, 0.2) is 0 Å². The van der Waals surface area contributed by atoms with Crippen LogP contribution in [0.15, 0.2) is 54.9 Å². The van der Waals surface area contributed by atoms with Crippen LogP contribution in [0.4, 0.5) is 0 Å². The van der Waals surface area contributed by atoms with Crippen LogP contribution in [0, 0.1) is 5.92 Å². The lowest BCUT2D eigenvalue weighted by atomic mass is 10.1. The predicted octanol–water partition coefficient (Wildman–Crippen LogP) is 2.86. The number of hydrogen-bond acceptors (Lipinski definition) is 3. The number of nitrogens with one attached hydrogen (secondary N) is 2. The number of amides is 1. The summed E-state index contributed by atoms with van der Waals surface area (Å²) in [7, 11) is 0. The van der Waals surface area contributed by atoms with Gasteiger partial charge in [0, 0.05) is 25.2 Å². The number of likely N-dealkylation sites (tertiary alicyclic amines) is 1. The molecular weight excluding hydrogens is 324 g/mol. The summed E-state index contributed by atoms with van der Waals surface area (Å²) in [5.41, 5.74) is 3.84. The van der Waals surface area contributed by atoms with Crippen LogP contribution in [0.2, 0.25) is 0 Å². The third-order valence-electron chi connectivity index (χ3n) is 5.16. The first-order valence-electron chi connectivity index (χ1n) is 9.25. The van der Waals surface area contributed by atoms with E-state index in [0.29, 0.717) is 11.5 Å². The van der Waals surface area contributed by atoms with Crippen LogP contribution in [0.1, 0.15) is 22.3 Å². The number of carbonyl (C=O) groups is 1. The average molecular weight is 348 g/mol. The Kier molecular flexibility index (Phi) is 4.97. The molecule has 134 valence electrons. The highest BCUT2D eigenvalue weighted by Gasteiger charge is 2.22. The molecule has 0 spiro atoms. The van der Waals surface area contributed by atoms with Gasteiger partial charge in [-0.3, -0.25) is 4.79 Å². The van der Waals surface area contributed by atoms with E-state index in [1.54, 1.807) is 6.33 Å². The number of hydrogen-bond donors (Lipinski definition) is 2. The van der Waals surface area contributed by atoms with Gasteiger partial charge in [0.05, 0.1) is 17.4 Å². The number of nitrogens with zero attached hydrogens (tertiary/aromatic N) is 2. The highest BCUT2D eigenvalue weighted by molar-refractivity contribution is 5.97. The maximum atomic E-state index is 12.4. The highest BCUT2D eigenvalue weighted by atomic mass is 16.1. The molecule has 0 aliphatic carbocycles. The Bertz CT molecular complexity index is 874. The van der Waals surface area contributed by atoms with Gasteiger partial charge in [0.1, 0.15) is 0 Å². The van der Waals surface area contributed by atoms with E-state index in [0.717, 1.165) is 50.1 Å². The summed E-state index contributed by atoms with van der Waals surface area (Å²) in [5, 5.41) is 3.09. The lowest BCUT2D eigenvalue weighted by Gasteiger charge is -2.16. The molecule has 3 aromatic rings. The molecule has 5 nitrogen and oxygen atoms in total. The maximum Gasteiger partial charge on any atom is 0.251 e. The minimum atomic E-state index is -0.00997. The highest BCUT2D eigenvalue weighted by Crippen LogP contribution is 2.17. The van der Waals surface area contributed by atoms with Crippen LogP contribution >= 0.6 is 0 Å². The van der Waals surface area contributed by atoms with Crippen LogP contribution < -0.4 is 5.32 Å². The monoisotopic (exact) mass is 348 g/mol. The SMILES string of the molecule is O=C(NC[C@H]1CCN(CCc2ccccc2)C1)c1ccc2nc[nH]c2c1. The summed E-state index contributed by atoms with van der Waals surface area (Å²) in [6.07, 6.45) is 3.88. The maximum absolute atomic E-state index is 12.4. The number of carbonyl (C=O) groups excluding carboxylic acids is 1. The Balaban J connectivity index is 1.24. The predicted molar refractivity (Wildman–Crippen MR) is 103 cm³/mol. The molecule has 2 N–H and O–H groups in total. The number of aromatic nitrogens is 2. The van der Waals surface area contributed by atoms with Crippen molar-refractivity contribution in [1.82, 2.24) is 20.2 Å². The summed E-state index contributed by atoms with van der Waals surface area (Å²) in [4.78, 5) is 22.1. The zero-order chi connectivity index (χ0) is 17.8. The molecule has 2 aromatic carbocycles. The zero-order valence-electron chi connectivity index (χ0n) is 14.8. The molecule has 0 saturated carbocycles. The van der Waals surface area contributed by atoms with Crippen molar-refractivity contribution in [2.75, 3.05) is 26.2 Å². The lowest BCUT2D eigenvalue weighted by molar-refractivity contribution is 0.0947. The first kappa shape index (κ1) is 16.8. The standard InChI is InChI=1S/C21H24N4O/c26-21(18-6-7-19-20(12-18)24-15-23-19)22-13-17-9-11-25(14-17)10-8-16-4-2-1-3-5-16/h1-7,12,15,17H,8-11,13-14H2,(H,22,26)(H,23,24)/t17-/m1/s1. The van der Waals surface area contributed by atoms with Gasteiger partial charge in [-0.05, 0) is 49.1 Å². The van der Waals surface area contributed by atoms with E-state index in [9.17, 15) is 4.79 Å². The Hall–Kier alpha value is -2.66. The number of rotatable bonds is 6. The second-order valence-corrected chi connectivity index (χ2v) is 7.04. The smallest absolute Gasteiger partial charge is 0.251 e. The molecule has 1 atom stereocenters. The molecule has 1 amide bonds. The van der Waals surface area contributed by atoms with E-state index in [2.05, 4.69) is 50.5 Å². The van der Waals surface area contributed by atoms with Gasteiger partial charge in [0.2, 0.25) is 0 Å². The van der Waals surface area contributed by atoms with Crippen molar-refractivity contribution in [3.05, 3.63) is 66.0 Å². The van der Waals surface area contributed by atoms with E-state index in [4.69, 9.17) is 0 Å². The molecule has 0 bridgehead atoms. The zero-order valence-corrected chi connectivity index (χ0v) is 14.8. The normalized spacial score (nSPS) is 17.6. The molecule has 1 aliphatic heterocycles. The summed E-state index contributed by atoms with van der Waals surface area (Å²) in [6.45, 7) is 4.01. The van der Waals surface area contributed by atoms with Gasteiger partial charge in [0.25, 0.3) is 5.91 Å². The van der Waals surface area contributed by atoms with E-state index in [-0.39, 0.29) is 5.91 Å². The van der Waals surface area contributed by atoms with Gasteiger partial charge >= 0.3 is 0 Å². The first-order valence-corrected chi connectivity index (χ1v) is 9.25. The molecule has 1 aromatic heterocycles. The fourth-order valence-corrected chi connectivity index (χ4v) is 3.63. The van der Waals surface area contributed by atoms with Crippen LogP contribution in [-0.4, -0.2) is 47.0 Å².